The summed E-state index contributed by atoms with van der Waals surface area (Å²) < 4.78 is 0. The van der Waals surface area contributed by atoms with Crippen molar-refractivity contribution in [3.63, 3.8) is 0 Å². The van der Waals surface area contributed by atoms with Crippen LogP contribution in [-0.4, -0.2) is 21.1 Å². The normalized spacial score (nSPS) is 10.8. The van der Waals surface area contributed by atoms with Gasteiger partial charge in [-0.15, -0.1) is 0 Å². The Morgan fingerprint density at radius 1 is 1.29 bits per heavy atom. The molecule has 3 rings (SSSR count). The number of pyridine rings is 1. The highest BCUT2D eigenvalue weighted by Crippen LogP contribution is 2.13. The smallest absolute Gasteiger partial charge is 0.253 e. The van der Waals surface area contributed by atoms with Crippen LogP contribution >= 0.6 is 0 Å². The van der Waals surface area contributed by atoms with E-state index >= 15 is 0 Å². The first kappa shape index (κ1) is 13.3. The number of aromatic amines is 1. The maximum absolute atomic E-state index is 12.2. The van der Waals surface area contributed by atoms with E-state index in [1.54, 1.807) is 6.20 Å². The number of aromatic nitrogens is 3. The van der Waals surface area contributed by atoms with Crippen LogP contribution in [0.1, 0.15) is 27.3 Å². The Bertz CT molecular complexity index is 787. The molecule has 106 valence electrons. The van der Waals surface area contributed by atoms with Crippen molar-refractivity contribution in [3.05, 3.63) is 59.0 Å². The summed E-state index contributed by atoms with van der Waals surface area (Å²) in [6.45, 7) is 4.32. The largest absolute Gasteiger partial charge is 0.348 e. The van der Waals surface area contributed by atoms with Crippen LogP contribution in [0.5, 0.6) is 0 Å². The zero-order chi connectivity index (χ0) is 14.8. The van der Waals surface area contributed by atoms with E-state index in [9.17, 15) is 4.79 Å². The van der Waals surface area contributed by atoms with Crippen molar-refractivity contribution in [3.8, 4) is 0 Å². The molecule has 0 atom stereocenters. The minimum atomic E-state index is -0.131. The Morgan fingerprint density at radius 2 is 2.10 bits per heavy atom. The number of hydrogen-bond donors (Lipinski definition) is 2. The molecule has 0 bridgehead atoms. The second-order valence-corrected chi connectivity index (χ2v) is 5.01. The molecule has 2 aromatic heterocycles. The molecule has 2 heterocycles. The Hall–Kier alpha value is -2.69. The number of nitrogens with one attached hydrogen (secondary N) is 2. The molecule has 0 fully saturated rings. The third kappa shape index (κ3) is 2.63. The molecule has 5 heteroatoms. The minimum absolute atomic E-state index is 0.131. The Labute approximate surface area is 122 Å². The van der Waals surface area contributed by atoms with Crippen molar-refractivity contribution < 1.29 is 4.79 Å². The highest BCUT2D eigenvalue weighted by molar-refractivity contribution is 5.97. The fourth-order valence-electron chi connectivity index (χ4n) is 2.30. The summed E-state index contributed by atoms with van der Waals surface area (Å²) in [6, 6.07) is 9.59. The van der Waals surface area contributed by atoms with Gasteiger partial charge in [0.05, 0.1) is 16.8 Å². The summed E-state index contributed by atoms with van der Waals surface area (Å²) in [5, 5.41) is 10.9. The molecule has 0 aliphatic heterocycles. The van der Waals surface area contributed by atoms with Gasteiger partial charge in [0.25, 0.3) is 5.91 Å². The number of hydrogen-bond acceptors (Lipinski definition) is 3. The first-order chi connectivity index (χ1) is 10.1. The van der Waals surface area contributed by atoms with Crippen LogP contribution in [0.25, 0.3) is 10.9 Å². The van der Waals surface area contributed by atoms with Gasteiger partial charge in [0.15, 0.2) is 0 Å². The van der Waals surface area contributed by atoms with Gasteiger partial charge in [-0.2, -0.15) is 5.10 Å². The Morgan fingerprint density at radius 3 is 2.86 bits per heavy atom. The summed E-state index contributed by atoms with van der Waals surface area (Å²) >= 11 is 0. The molecule has 21 heavy (non-hydrogen) atoms. The molecule has 2 N–H and O–H groups in total. The predicted molar refractivity (Wildman–Crippen MR) is 81.0 cm³/mol. The number of amides is 1. The molecule has 3 aromatic rings. The van der Waals surface area contributed by atoms with Crippen molar-refractivity contribution in [1.29, 1.82) is 0 Å². The van der Waals surface area contributed by atoms with Crippen LogP contribution in [0.3, 0.4) is 0 Å². The number of nitrogens with zero attached hydrogens (tertiary/aromatic N) is 2. The van der Waals surface area contributed by atoms with Crippen molar-refractivity contribution in [1.82, 2.24) is 20.5 Å². The first-order valence-corrected chi connectivity index (χ1v) is 6.78. The molecule has 1 amide bonds. The van der Waals surface area contributed by atoms with Crippen LogP contribution in [0.15, 0.2) is 36.5 Å². The molecule has 5 nitrogen and oxygen atoms in total. The van der Waals surface area contributed by atoms with Crippen LogP contribution in [0.2, 0.25) is 0 Å². The predicted octanol–water partition coefficient (Wildman–Crippen LogP) is 2.50. The number of H-pyrrole nitrogens is 1. The lowest BCUT2D eigenvalue weighted by molar-refractivity contribution is 0.0950. The number of benzene rings is 1. The molecular weight excluding hydrogens is 264 g/mol. The van der Waals surface area contributed by atoms with Crippen molar-refractivity contribution >= 4 is 16.8 Å². The van der Waals surface area contributed by atoms with Crippen LogP contribution in [-0.2, 0) is 6.54 Å². The monoisotopic (exact) mass is 280 g/mol. The number of aryl methyl sites for hydroxylation is 2. The molecule has 0 aliphatic rings. The van der Waals surface area contributed by atoms with E-state index in [0.29, 0.717) is 12.1 Å². The van der Waals surface area contributed by atoms with E-state index < -0.39 is 0 Å². The SMILES string of the molecule is Cc1n[nH]c(C)c1CNC(=O)c1cnc2ccccc2c1. The third-order valence-corrected chi connectivity index (χ3v) is 3.56. The van der Waals surface area contributed by atoms with Crippen molar-refractivity contribution in [2.45, 2.75) is 20.4 Å². The average Bonchev–Trinajstić information content (AvgIpc) is 2.83. The van der Waals surface area contributed by atoms with Crippen LogP contribution in [0, 0.1) is 13.8 Å². The summed E-state index contributed by atoms with van der Waals surface area (Å²) in [7, 11) is 0. The molecule has 0 spiro atoms. The summed E-state index contributed by atoms with van der Waals surface area (Å²) in [6.07, 6.45) is 1.60. The van der Waals surface area contributed by atoms with Gasteiger partial charge < -0.3 is 5.32 Å². The number of para-hydroxylation sites is 1. The standard InChI is InChI=1S/C16H16N4O/c1-10-14(11(2)20-19-10)9-18-16(21)13-7-12-5-3-4-6-15(12)17-8-13/h3-8H,9H2,1-2H3,(H,18,21)(H,19,20). The first-order valence-electron chi connectivity index (χ1n) is 6.78. The van der Waals surface area contributed by atoms with E-state index in [1.165, 1.54) is 0 Å². The summed E-state index contributed by atoms with van der Waals surface area (Å²) in [4.78, 5) is 16.5. The number of fused-ring (bicyclic) bond motifs is 1. The molecule has 0 aliphatic carbocycles. The van der Waals surface area contributed by atoms with Crippen LogP contribution in [0.4, 0.5) is 0 Å². The van der Waals surface area contributed by atoms with Crippen molar-refractivity contribution in [2.24, 2.45) is 0 Å². The fourth-order valence-corrected chi connectivity index (χ4v) is 2.30. The van der Waals surface area contributed by atoms with Crippen molar-refractivity contribution in [2.75, 3.05) is 0 Å². The van der Waals surface area contributed by atoms with Gasteiger partial charge >= 0.3 is 0 Å². The van der Waals surface area contributed by atoms with Gasteiger partial charge in [-0.05, 0) is 26.0 Å². The lowest BCUT2D eigenvalue weighted by Crippen LogP contribution is -2.23. The van der Waals surface area contributed by atoms with E-state index in [2.05, 4.69) is 20.5 Å². The van der Waals surface area contributed by atoms with Gasteiger partial charge in [0.2, 0.25) is 0 Å². The molecule has 0 radical (unpaired) electrons. The third-order valence-electron chi connectivity index (χ3n) is 3.56. The molecule has 0 saturated carbocycles. The zero-order valence-electron chi connectivity index (χ0n) is 12.0. The molecule has 1 aromatic carbocycles. The summed E-state index contributed by atoms with van der Waals surface area (Å²) in [5.41, 5.74) is 4.36. The quantitative estimate of drug-likeness (QED) is 0.774. The highest BCUT2D eigenvalue weighted by atomic mass is 16.1. The number of rotatable bonds is 3. The minimum Gasteiger partial charge on any atom is -0.348 e. The van der Waals surface area contributed by atoms with Gasteiger partial charge in [-0.1, -0.05) is 18.2 Å². The van der Waals surface area contributed by atoms with Gasteiger partial charge in [-0.3, -0.25) is 14.9 Å². The second kappa shape index (κ2) is 5.36. The number of carbonyl (C=O) groups is 1. The van der Waals surface area contributed by atoms with Gasteiger partial charge in [-0.25, -0.2) is 0 Å². The summed E-state index contributed by atoms with van der Waals surface area (Å²) in [5.74, 6) is -0.131. The van der Waals surface area contributed by atoms with E-state index in [-0.39, 0.29) is 5.91 Å². The zero-order valence-corrected chi connectivity index (χ0v) is 12.0. The Balaban J connectivity index is 1.78. The van der Waals surface area contributed by atoms with E-state index in [4.69, 9.17) is 0 Å². The molecular formula is C16H16N4O. The number of carbonyl (C=O) groups excluding carboxylic acids is 1. The van der Waals surface area contributed by atoms with Gasteiger partial charge in [0.1, 0.15) is 0 Å². The lowest BCUT2D eigenvalue weighted by Gasteiger charge is -2.06. The lowest BCUT2D eigenvalue weighted by atomic mass is 10.1. The van der Waals surface area contributed by atoms with E-state index in [0.717, 1.165) is 27.9 Å². The fraction of sp³-hybridized carbons (Fsp3) is 0.188. The second-order valence-electron chi connectivity index (χ2n) is 5.01. The molecule has 0 unspecified atom stereocenters. The maximum atomic E-state index is 12.2. The maximum Gasteiger partial charge on any atom is 0.253 e. The Kier molecular flexibility index (Phi) is 3.39. The van der Waals surface area contributed by atoms with E-state index in [1.807, 2.05) is 44.2 Å². The topological polar surface area (TPSA) is 70.7 Å². The van der Waals surface area contributed by atoms with Gasteiger partial charge in [0, 0.05) is 29.4 Å². The molecule has 0 saturated heterocycles. The van der Waals surface area contributed by atoms with Crippen LogP contribution < -0.4 is 5.32 Å². The highest BCUT2D eigenvalue weighted by Gasteiger charge is 2.10. The average molecular weight is 280 g/mol.